The molecule has 1 fully saturated rings. The van der Waals surface area contributed by atoms with Gasteiger partial charge in [-0.15, -0.1) is 6.58 Å². The molecular weight excluding hydrogens is 771 g/mol. The molecule has 0 aromatic heterocycles. The molecule has 2 aromatic rings. The van der Waals surface area contributed by atoms with Crippen LogP contribution in [0.4, 0.5) is 0 Å². The van der Waals surface area contributed by atoms with Gasteiger partial charge in [-0.05, 0) is 85.6 Å². The summed E-state index contributed by atoms with van der Waals surface area (Å²) in [7, 11) is 1.63. The second-order valence-corrected chi connectivity index (χ2v) is 18.5. The van der Waals surface area contributed by atoms with Crippen LogP contribution in [0.5, 0.6) is 17.2 Å². The predicted octanol–water partition coefficient (Wildman–Crippen LogP) is 12.8. The van der Waals surface area contributed by atoms with Crippen molar-refractivity contribution >= 4 is 23.8 Å². The van der Waals surface area contributed by atoms with E-state index in [0.29, 0.717) is 30.1 Å². The highest BCUT2D eigenvalue weighted by atomic mass is 32.2. The third-order valence-corrected chi connectivity index (χ3v) is 14.3. The standard InChI is InChI=1S/C51H75NO7S/c1-4-6-7-8-9-10-11-12-13-14-15-16-17-22-33-60-48-37-46(52-56-3)44-35-40(25-18-20-30-53)43(27-19-21-31-54)49-45-36-42(58-41-26-23-24-39(34-41)38-55)28-29-47(45)59-51(48,50(44)49)57-32-5-2/h5,23-24,26,28-29,34-36,38,40,43,48-50,53-54H,2,4,6-22,25,27,30-33,37H2,1,3H3/t40-,43+,48-,49+,50+,51+/m0/s1. The van der Waals surface area contributed by atoms with Gasteiger partial charge in [0.2, 0.25) is 5.79 Å². The molecule has 0 amide bonds. The van der Waals surface area contributed by atoms with E-state index in [-0.39, 0.29) is 42.1 Å². The lowest BCUT2D eigenvalue weighted by atomic mass is 9.56. The zero-order valence-electron chi connectivity index (χ0n) is 36.8. The Morgan fingerprint density at radius 3 is 2.17 bits per heavy atom. The van der Waals surface area contributed by atoms with Crippen molar-refractivity contribution in [3.05, 3.63) is 77.9 Å². The lowest BCUT2D eigenvalue weighted by Gasteiger charge is -2.58. The van der Waals surface area contributed by atoms with Crippen LogP contribution in [0.25, 0.3) is 0 Å². The topological polar surface area (TPSA) is 107 Å². The van der Waals surface area contributed by atoms with E-state index in [1.54, 1.807) is 19.2 Å². The molecule has 2 aliphatic carbocycles. The van der Waals surface area contributed by atoms with Crippen molar-refractivity contribution in [3.63, 3.8) is 0 Å². The highest BCUT2D eigenvalue weighted by Gasteiger charge is 2.63. The summed E-state index contributed by atoms with van der Waals surface area (Å²) in [6.07, 6.45) is 29.6. The van der Waals surface area contributed by atoms with Gasteiger partial charge in [-0.2, -0.15) is 11.8 Å². The summed E-state index contributed by atoms with van der Waals surface area (Å²) in [5, 5.41) is 24.4. The minimum atomic E-state index is -0.975. The van der Waals surface area contributed by atoms with Crippen molar-refractivity contribution in [3.8, 4) is 17.2 Å². The maximum absolute atomic E-state index is 11.6. The van der Waals surface area contributed by atoms with E-state index in [4.69, 9.17) is 24.2 Å². The van der Waals surface area contributed by atoms with E-state index in [2.05, 4.69) is 25.6 Å². The van der Waals surface area contributed by atoms with E-state index < -0.39 is 5.79 Å². The number of allylic oxidation sites excluding steroid dienone is 1. The summed E-state index contributed by atoms with van der Waals surface area (Å²) in [6, 6.07) is 13.3. The van der Waals surface area contributed by atoms with E-state index in [1.165, 1.54) is 83.5 Å². The predicted molar refractivity (Wildman–Crippen MR) is 247 cm³/mol. The number of aliphatic hydroxyl groups is 2. The van der Waals surface area contributed by atoms with Gasteiger partial charge in [-0.3, -0.25) is 4.79 Å². The summed E-state index contributed by atoms with van der Waals surface area (Å²) in [5.41, 5.74) is 3.71. The van der Waals surface area contributed by atoms with Gasteiger partial charge in [0.05, 0.1) is 23.5 Å². The second kappa shape index (κ2) is 26.4. The lowest BCUT2D eigenvalue weighted by molar-refractivity contribution is -0.223. The third kappa shape index (κ3) is 13.2. The Bertz CT molecular complexity index is 1640. The Morgan fingerprint density at radius 2 is 1.52 bits per heavy atom. The largest absolute Gasteiger partial charge is 0.460 e. The molecule has 1 aliphatic heterocycles. The van der Waals surface area contributed by atoms with Crippen LogP contribution < -0.4 is 9.47 Å². The molecule has 0 radical (unpaired) electrons. The maximum Gasteiger partial charge on any atom is 0.230 e. The molecule has 0 spiro atoms. The van der Waals surface area contributed by atoms with Gasteiger partial charge >= 0.3 is 0 Å². The van der Waals surface area contributed by atoms with Gasteiger partial charge in [-0.1, -0.05) is 133 Å². The molecule has 0 bridgehead atoms. The molecule has 0 saturated heterocycles. The highest BCUT2D eigenvalue weighted by Crippen LogP contribution is 2.62. The number of hydrogen-bond acceptors (Lipinski definition) is 9. The van der Waals surface area contributed by atoms with E-state index in [1.807, 2.05) is 42.1 Å². The van der Waals surface area contributed by atoms with Crippen molar-refractivity contribution in [2.75, 3.05) is 32.7 Å². The molecule has 0 unspecified atom stereocenters. The number of oxime groups is 1. The van der Waals surface area contributed by atoms with Crippen LogP contribution in [0.2, 0.25) is 0 Å². The van der Waals surface area contributed by atoms with Crippen molar-refractivity contribution in [2.24, 2.45) is 22.9 Å². The number of thioether (sulfide) groups is 1. The van der Waals surface area contributed by atoms with Gasteiger partial charge < -0.3 is 29.3 Å². The Hall–Kier alpha value is -3.11. The highest BCUT2D eigenvalue weighted by molar-refractivity contribution is 8.00. The molecule has 5 rings (SSSR count). The maximum atomic E-state index is 11.6. The van der Waals surface area contributed by atoms with Crippen LogP contribution in [0, 0.1) is 17.8 Å². The number of aliphatic hydroxyl groups excluding tert-OH is 2. The number of hydrogen-bond donors (Lipinski definition) is 2. The van der Waals surface area contributed by atoms with Gasteiger partial charge in [0, 0.05) is 36.7 Å². The minimum Gasteiger partial charge on any atom is -0.460 e. The fourth-order valence-corrected chi connectivity index (χ4v) is 11.4. The zero-order valence-corrected chi connectivity index (χ0v) is 37.7. The Labute approximate surface area is 366 Å². The first-order chi connectivity index (χ1) is 29.5. The average molecular weight is 846 g/mol. The fraction of sp³-hybridized carbons (Fsp3) is 0.647. The minimum absolute atomic E-state index is 0.00671. The normalized spacial score (nSPS) is 23.6. The molecule has 1 heterocycles. The summed E-state index contributed by atoms with van der Waals surface area (Å²) < 4.78 is 20.8. The monoisotopic (exact) mass is 846 g/mol. The van der Waals surface area contributed by atoms with Crippen LogP contribution in [-0.4, -0.2) is 65.9 Å². The number of benzene rings is 2. The van der Waals surface area contributed by atoms with Gasteiger partial charge in [0.25, 0.3) is 0 Å². The van der Waals surface area contributed by atoms with Crippen LogP contribution in [0.3, 0.4) is 0 Å². The molecule has 332 valence electrons. The van der Waals surface area contributed by atoms with E-state index in [9.17, 15) is 15.0 Å². The zero-order chi connectivity index (χ0) is 42.4. The number of carbonyl (C=O) groups is 1. The Morgan fingerprint density at radius 1 is 0.850 bits per heavy atom. The summed E-state index contributed by atoms with van der Waals surface area (Å²) in [5.74, 6) is 2.34. The molecular formula is C51H75NO7S. The molecule has 3 aliphatic rings. The number of rotatable bonds is 31. The first kappa shape index (κ1) is 47.9. The summed E-state index contributed by atoms with van der Waals surface area (Å²) in [4.78, 5) is 17.2. The molecule has 60 heavy (non-hydrogen) atoms. The summed E-state index contributed by atoms with van der Waals surface area (Å²) >= 11 is 1.95. The average Bonchev–Trinajstić information content (AvgIpc) is 3.26. The van der Waals surface area contributed by atoms with Gasteiger partial charge in [0.15, 0.2) is 0 Å². The quantitative estimate of drug-likeness (QED) is 0.0334. The molecule has 9 heteroatoms. The van der Waals surface area contributed by atoms with Gasteiger partial charge in [-0.25, -0.2) is 0 Å². The third-order valence-electron chi connectivity index (χ3n) is 12.9. The molecule has 2 aromatic carbocycles. The first-order valence-electron chi connectivity index (χ1n) is 23.5. The molecule has 1 saturated carbocycles. The van der Waals surface area contributed by atoms with Crippen molar-refractivity contribution in [1.82, 2.24) is 0 Å². The number of aldehydes is 1. The van der Waals surface area contributed by atoms with Crippen molar-refractivity contribution < 1.29 is 34.1 Å². The first-order valence-corrected chi connectivity index (χ1v) is 24.5. The molecule has 8 nitrogen and oxygen atoms in total. The fourth-order valence-electron chi connectivity index (χ4n) is 9.96. The molecule has 2 N–H and O–H groups in total. The lowest BCUT2D eigenvalue weighted by Crippen LogP contribution is -2.64. The smallest absolute Gasteiger partial charge is 0.230 e. The SMILES string of the molecule is C=CCO[C@@]12Oc3ccc(Oc4cccc(C=O)c4)cc3[C@H]3[C@H](CCCCO)[C@@H](CCCCO)C=C(C(=NOC)C[C@@H]1SCCCCCCCCCCCCCCCC)[C@H]32. The number of unbranched alkanes of at least 4 members (excludes halogenated alkanes) is 15. The van der Waals surface area contributed by atoms with E-state index in [0.717, 1.165) is 79.6 Å². The van der Waals surface area contributed by atoms with Gasteiger partial charge in [0.1, 0.15) is 30.6 Å². The summed E-state index contributed by atoms with van der Waals surface area (Å²) in [6.45, 7) is 7.02. The van der Waals surface area contributed by atoms with Crippen molar-refractivity contribution in [2.45, 2.75) is 159 Å². The number of carbonyl (C=O) groups excluding carboxylic acids is 1. The van der Waals surface area contributed by atoms with Crippen LogP contribution >= 0.6 is 11.8 Å². The Balaban J connectivity index is 1.40. The van der Waals surface area contributed by atoms with Crippen LogP contribution in [0.15, 0.2) is 71.9 Å². The van der Waals surface area contributed by atoms with Crippen LogP contribution in [-0.2, 0) is 9.57 Å². The number of fused-ring (bicyclic) bond motifs is 2. The van der Waals surface area contributed by atoms with Crippen molar-refractivity contribution in [1.29, 1.82) is 0 Å². The Kier molecular flexibility index (Phi) is 21.1. The second-order valence-electron chi connectivity index (χ2n) is 17.2. The number of nitrogens with zero attached hydrogens (tertiary/aromatic N) is 1. The van der Waals surface area contributed by atoms with E-state index >= 15 is 0 Å². The molecule has 6 atom stereocenters. The number of ether oxygens (including phenoxy) is 3. The van der Waals surface area contributed by atoms with Crippen LogP contribution in [0.1, 0.15) is 164 Å².